The maximum Gasteiger partial charge on any atom is 0.425 e. The first kappa shape index (κ1) is 24.0. The molecule has 0 aromatic heterocycles. The van der Waals surface area contributed by atoms with Crippen LogP contribution in [0.15, 0.2) is 71.9 Å². The number of methoxy groups -OCH3 is 1. The van der Waals surface area contributed by atoms with Gasteiger partial charge in [-0.25, -0.2) is 4.79 Å². The second kappa shape index (κ2) is 9.48. The normalized spacial score (nSPS) is 18.5. The third kappa shape index (κ3) is 4.62. The number of rotatable bonds is 7. The molecule has 0 radical (unpaired) electrons. The van der Waals surface area contributed by atoms with Gasteiger partial charge in [0.1, 0.15) is 5.57 Å². The van der Waals surface area contributed by atoms with Gasteiger partial charge in [0.25, 0.3) is 5.91 Å². The molecule has 9 heteroatoms. The molecule has 0 bridgehead atoms. The average molecular weight is 460 g/mol. The topological polar surface area (TPSA) is 75.7 Å². The van der Waals surface area contributed by atoms with E-state index in [1.807, 2.05) is 5.32 Å². The fourth-order valence-electron chi connectivity index (χ4n) is 3.85. The van der Waals surface area contributed by atoms with Gasteiger partial charge in [-0.1, -0.05) is 60.7 Å². The van der Waals surface area contributed by atoms with E-state index in [2.05, 4.69) is 4.74 Å². The van der Waals surface area contributed by atoms with Gasteiger partial charge in [-0.15, -0.1) is 0 Å². The van der Waals surface area contributed by atoms with Crippen molar-refractivity contribution in [2.45, 2.75) is 38.0 Å². The van der Waals surface area contributed by atoms with Crippen molar-refractivity contribution in [3.8, 4) is 0 Å². The molecule has 2 amide bonds. The van der Waals surface area contributed by atoms with E-state index in [0.717, 1.165) is 17.6 Å². The Bertz CT molecular complexity index is 1070. The summed E-state index contributed by atoms with van der Waals surface area (Å²) in [5, 5.41) is 1.85. The van der Waals surface area contributed by atoms with Crippen molar-refractivity contribution in [1.82, 2.24) is 10.2 Å². The fourth-order valence-corrected chi connectivity index (χ4v) is 3.85. The van der Waals surface area contributed by atoms with Gasteiger partial charge < -0.3 is 15.0 Å². The number of hydrogen-bond acceptors (Lipinski definition) is 4. The Morgan fingerprint density at radius 2 is 1.55 bits per heavy atom. The van der Waals surface area contributed by atoms with Crippen molar-refractivity contribution in [2.24, 2.45) is 0 Å². The lowest BCUT2D eigenvalue weighted by molar-refractivity contribution is -0.196. The summed E-state index contributed by atoms with van der Waals surface area (Å²) in [5.74, 6) is -3.80. The van der Waals surface area contributed by atoms with Gasteiger partial charge in [0, 0.05) is 12.1 Å². The van der Waals surface area contributed by atoms with E-state index >= 15 is 0 Å². The van der Waals surface area contributed by atoms with Gasteiger partial charge in [0.15, 0.2) is 0 Å². The van der Waals surface area contributed by atoms with Crippen molar-refractivity contribution < 1.29 is 32.3 Å². The number of benzene rings is 2. The predicted octanol–water partition coefficient (Wildman–Crippen LogP) is 3.53. The molecule has 1 N–H and O–H groups in total. The first-order valence-corrected chi connectivity index (χ1v) is 10.2. The van der Waals surface area contributed by atoms with E-state index in [4.69, 9.17) is 0 Å². The molecular weight excluding hydrogens is 437 g/mol. The third-order valence-electron chi connectivity index (χ3n) is 5.52. The molecule has 1 atom stereocenters. The van der Waals surface area contributed by atoms with Crippen LogP contribution in [0.4, 0.5) is 13.2 Å². The minimum absolute atomic E-state index is 0.165. The quantitative estimate of drug-likeness (QED) is 0.642. The number of allylic oxidation sites excluding steroid dienone is 1. The first-order valence-electron chi connectivity index (χ1n) is 10.2. The summed E-state index contributed by atoms with van der Waals surface area (Å²) >= 11 is 0. The van der Waals surface area contributed by atoms with Gasteiger partial charge in [0.05, 0.1) is 13.7 Å². The standard InChI is InChI=1S/C24H23F3N2O4/c1-16-20(21(31)33-2)23(24(25,26)27,22(32)29(16)15-18-11-7-4-8-12-18)28-19(30)14-13-17-9-5-3-6-10-17/h3-12H,13-15H2,1-2H3,(H,28,30)/t23-/m0/s1. The van der Waals surface area contributed by atoms with Crippen LogP contribution in [0.2, 0.25) is 0 Å². The number of carbonyl (C=O) groups is 3. The van der Waals surface area contributed by atoms with Gasteiger partial charge in [-0.3, -0.25) is 9.59 Å². The number of hydrogen-bond donors (Lipinski definition) is 1. The van der Waals surface area contributed by atoms with E-state index in [0.29, 0.717) is 5.56 Å². The number of halogens is 3. The van der Waals surface area contributed by atoms with E-state index in [1.165, 1.54) is 6.92 Å². The highest BCUT2D eigenvalue weighted by Crippen LogP contribution is 2.45. The van der Waals surface area contributed by atoms with Crippen LogP contribution in [-0.2, 0) is 32.1 Å². The van der Waals surface area contributed by atoms with Gasteiger partial charge >= 0.3 is 12.1 Å². The molecule has 33 heavy (non-hydrogen) atoms. The highest BCUT2D eigenvalue weighted by molar-refractivity contribution is 6.10. The molecular formula is C24H23F3N2O4. The molecule has 1 heterocycles. The Kier molecular flexibility index (Phi) is 6.90. The van der Waals surface area contributed by atoms with Crippen LogP contribution in [0.1, 0.15) is 24.5 Å². The highest BCUT2D eigenvalue weighted by atomic mass is 19.4. The molecule has 3 rings (SSSR count). The number of aryl methyl sites for hydroxylation is 1. The number of ether oxygens (including phenoxy) is 1. The third-order valence-corrected chi connectivity index (χ3v) is 5.52. The maximum absolute atomic E-state index is 14.5. The number of alkyl halides is 3. The predicted molar refractivity (Wildman–Crippen MR) is 113 cm³/mol. The lowest BCUT2D eigenvalue weighted by atomic mass is 9.88. The zero-order valence-electron chi connectivity index (χ0n) is 18.1. The molecule has 0 spiro atoms. The zero-order valence-corrected chi connectivity index (χ0v) is 18.1. The van der Waals surface area contributed by atoms with Gasteiger partial charge in [-0.05, 0) is 24.5 Å². The molecule has 1 aliphatic rings. The van der Waals surface area contributed by atoms with Crippen molar-refractivity contribution in [3.05, 3.63) is 83.1 Å². The van der Waals surface area contributed by atoms with Gasteiger partial charge in [0.2, 0.25) is 11.4 Å². The van der Waals surface area contributed by atoms with Crippen LogP contribution in [0, 0.1) is 0 Å². The number of carbonyl (C=O) groups excluding carboxylic acids is 3. The molecule has 174 valence electrons. The Balaban J connectivity index is 1.99. The van der Waals surface area contributed by atoms with Crippen LogP contribution in [0.3, 0.4) is 0 Å². The number of esters is 1. The molecule has 1 aliphatic heterocycles. The molecule has 6 nitrogen and oxygen atoms in total. The summed E-state index contributed by atoms with van der Waals surface area (Å²) in [7, 11) is 0.922. The minimum Gasteiger partial charge on any atom is -0.466 e. The Morgan fingerprint density at radius 3 is 2.06 bits per heavy atom. The monoisotopic (exact) mass is 460 g/mol. The second-order valence-corrected chi connectivity index (χ2v) is 7.61. The summed E-state index contributed by atoms with van der Waals surface area (Å²) in [4.78, 5) is 39.2. The molecule has 0 unspecified atom stereocenters. The maximum atomic E-state index is 14.5. The molecule has 2 aromatic carbocycles. The number of nitrogens with one attached hydrogen (secondary N) is 1. The van der Waals surface area contributed by atoms with Crippen molar-refractivity contribution >= 4 is 17.8 Å². The van der Waals surface area contributed by atoms with E-state index in [-0.39, 0.29) is 25.1 Å². The summed E-state index contributed by atoms with van der Waals surface area (Å²) in [6.07, 6.45) is -5.43. The lowest BCUT2D eigenvalue weighted by Gasteiger charge is -2.33. The van der Waals surface area contributed by atoms with Crippen molar-refractivity contribution in [3.63, 3.8) is 0 Å². The van der Waals surface area contributed by atoms with E-state index in [9.17, 15) is 27.6 Å². The van der Waals surface area contributed by atoms with Gasteiger partial charge in [-0.2, -0.15) is 13.2 Å². The Hall–Kier alpha value is -3.62. The lowest BCUT2D eigenvalue weighted by Crippen LogP contribution is -2.66. The van der Waals surface area contributed by atoms with Crippen LogP contribution in [0.5, 0.6) is 0 Å². The van der Waals surface area contributed by atoms with Crippen LogP contribution in [0.25, 0.3) is 0 Å². The average Bonchev–Trinajstić information content (AvgIpc) is 3.00. The smallest absolute Gasteiger partial charge is 0.425 e. The summed E-state index contributed by atoms with van der Waals surface area (Å²) in [6, 6.07) is 17.1. The van der Waals surface area contributed by atoms with E-state index in [1.54, 1.807) is 60.7 Å². The summed E-state index contributed by atoms with van der Waals surface area (Å²) in [5.41, 5.74) is -3.39. The van der Waals surface area contributed by atoms with Crippen LogP contribution in [-0.4, -0.2) is 41.5 Å². The number of nitrogens with zero attached hydrogens (tertiary/aromatic N) is 1. The van der Waals surface area contributed by atoms with Crippen molar-refractivity contribution in [2.75, 3.05) is 7.11 Å². The summed E-state index contributed by atoms with van der Waals surface area (Å²) in [6.45, 7) is 1.03. The highest BCUT2D eigenvalue weighted by Gasteiger charge is 2.70. The fraction of sp³-hybridized carbons (Fsp3) is 0.292. The Morgan fingerprint density at radius 1 is 1.00 bits per heavy atom. The van der Waals surface area contributed by atoms with E-state index < -0.39 is 35.1 Å². The number of amides is 2. The van der Waals surface area contributed by atoms with Crippen LogP contribution >= 0.6 is 0 Å². The molecule has 0 saturated carbocycles. The molecule has 2 aromatic rings. The molecule has 0 aliphatic carbocycles. The minimum atomic E-state index is -5.29. The first-order chi connectivity index (χ1) is 15.6. The SMILES string of the molecule is COC(=O)C1=C(C)N(Cc2ccccc2)C(=O)[C@]1(NC(=O)CCc1ccccc1)C(F)(F)F. The molecule has 0 saturated heterocycles. The summed E-state index contributed by atoms with van der Waals surface area (Å²) < 4.78 is 48.1. The Labute approximate surface area is 189 Å². The molecule has 0 fully saturated rings. The zero-order chi connectivity index (χ0) is 24.2. The largest absolute Gasteiger partial charge is 0.466 e. The van der Waals surface area contributed by atoms with Crippen molar-refractivity contribution in [1.29, 1.82) is 0 Å². The van der Waals surface area contributed by atoms with Crippen LogP contribution < -0.4 is 5.32 Å². The second-order valence-electron chi connectivity index (χ2n) is 7.61.